The Kier molecular flexibility index (Phi) is 3.53. The second kappa shape index (κ2) is 4.37. The number of aryl methyl sites for hydroxylation is 1. The van der Waals surface area contributed by atoms with Gasteiger partial charge < -0.3 is 0 Å². The zero-order valence-electron chi connectivity index (χ0n) is 9.62. The monoisotopic (exact) mass is 242 g/mol. The van der Waals surface area contributed by atoms with Crippen molar-refractivity contribution in [3.8, 4) is 0 Å². The summed E-state index contributed by atoms with van der Waals surface area (Å²) in [6.45, 7) is 6.81. The third kappa shape index (κ3) is 2.50. The Labute approximate surface area is 95.7 Å². The van der Waals surface area contributed by atoms with Crippen LogP contribution in [0, 0.1) is 12.7 Å². The van der Waals surface area contributed by atoms with Crippen molar-refractivity contribution in [3.63, 3.8) is 0 Å². The molecule has 88 valence electrons. The Hall–Kier alpha value is -1.16. The molecular formula is C12H15FO2S. The zero-order chi connectivity index (χ0) is 12.5. The minimum absolute atomic E-state index is 0.197. The first-order valence-corrected chi connectivity index (χ1v) is 6.84. The van der Waals surface area contributed by atoms with Crippen LogP contribution < -0.4 is 0 Å². The minimum atomic E-state index is -3.31. The van der Waals surface area contributed by atoms with Gasteiger partial charge in [-0.25, -0.2) is 12.8 Å². The van der Waals surface area contributed by atoms with Crippen molar-refractivity contribution < 1.29 is 12.8 Å². The fourth-order valence-electron chi connectivity index (χ4n) is 1.59. The molecule has 1 aromatic rings. The summed E-state index contributed by atoms with van der Waals surface area (Å²) in [6, 6.07) is 3.07. The highest BCUT2D eigenvalue weighted by molar-refractivity contribution is 7.90. The minimum Gasteiger partial charge on any atom is -0.229 e. The van der Waals surface area contributed by atoms with Gasteiger partial charge in [0.15, 0.2) is 9.84 Å². The van der Waals surface area contributed by atoms with Gasteiger partial charge in [-0.3, -0.25) is 0 Å². The average molecular weight is 242 g/mol. The Morgan fingerprint density at radius 3 is 2.44 bits per heavy atom. The molecule has 0 heterocycles. The van der Waals surface area contributed by atoms with Crippen LogP contribution in [0.3, 0.4) is 0 Å². The van der Waals surface area contributed by atoms with E-state index in [9.17, 15) is 12.8 Å². The van der Waals surface area contributed by atoms with Crippen LogP contribution in [0.5, 0.6) is 0 Å². The molecule has 4 heteroatoms. The van der Waals surface area contributed by atoms with Crippen molar-refractivity contribution in [2.45, 2.75) is 19.1 Å². The Balaban J connectivity index is 3.49. The van der Waals surface area contributed by atoms with Crippen LogP contribution >= 0.6 is 0 Å². The van der Waals surface area contributed by atoms with Gasteiger partial charge in [0.05, 0.1) is 5.25 Å². The molecule has 0 aliphatic rings. The summed E-state index contributed by atoms with van der Waals surface area (Å²) in [6.07, 6.45) is 2.58. The Morgan fingerprint density at radius 1 is 1.44 bits per heavy atom. The molecule has 0 aliphatic carbocycles. The van der Waals surface area contributed by atoms with Crippen LogP contribution in [-0.4, -0.2) is 14.7 Å². The first kappa shape index (κ1) is 12.9. The van der Waals surface area contributed by atoms with Crippen molar-refractivity contribution >= 4 is 15.9 Å². The van der Waals surface area contributed by atoms with Crippen LogP contribution in [-0.2, 0) is 9.84 Å². The van der Waals surface area contributed by atoms with Gasteiger partial charge in [0.25, 0.3) is 0 Å². The highest BCUT2D eigenvalue weighted by Crippen LogP contribution is 2.29. The van der Waals surface area contributed by atoms with Gasteiger partial charge in [-0.15, -0.1) is 0 Å². The van der Waals surface area contributed by atoms with Crippen LogP contribution in [0.2, 0.25) is 0 Å². The van der Waals surface area contributed by atoms with E-state index in [0.29, 0.717) is 5.56 Å². The molecule has 16 heavy (non-hydrogen) atoms. The van der Waals surface area contributed by atoms with E-state index >= 15 is 0 Å². The van der Waals surface area contributed by atoms with Crippen molar-refractivity contribution in [1.29, 1.82) is 0 Å². The molecule has 1 unspecified atom stereocenters. The molecule has 0 N–H and O–H groups in total. The molecule has 0 spiro atoms. The molecule has 1 atom stereocenters. The molecule has 0 radical (unpaired) electrons. The average Bonchev–Trinajstić information content (AvgIpc) is 2.14. The predicted octanol–water partition coefficient (Wildman–Crippen LogP) is 2.88. The fraction of sp³-hybridized carbons (Fsp3) is 0.333. The van der Waals surface area contributed by atoms with Gasteiger partial charge in [-0.1, -0.05) is 18.7 Å². The van der Waals surface area contributed by atoms with Gasteiger partial charge in [0, 0.05) is 11.8 Å². The van der Waals surface area contributed by atoms with E-state index in [1.807, 2.05) is 0 Å². The van der Waals surface area contributed by atoms with Gasteiger partial charge in [0.1, 0.15) is 5.82 Å². The van der Waals surface area contributed by atoms with Gasteiger partial charge >= 0.3 is 0 Å². The van der Waals surface area contributed by atoms with Gasteiger partial charge in [-0.05, 0) is 31.0 Å². The van der Waals surface area contributed by atoms with E-state index in [2.05, 4.69) is 6.58 Å². The number of benzene rings is 1. The fourth-order valence-corrected chi connectivity index (χ4v) is 2.27. The second-order valence-electron chi connectivity index (χ2n) is 3.93. The zero-order valence-corrected chi connectivity index (χ0v) is 10.4. The van der Waals surface area contributed by atoms with E-state index in [1.165, 1.54) is 19.1 Å². The summed E-state index contributed by atoms with van der Waals surface area (Å²) in [5, 5.41) is -0.860. The molecule has 0 saturated carbocycles. The van der Waals surface area contributed by atoms with Crippen LogP contribution in [0.1, 0.15) is 28.9 Å². The standard InChI is InChI=1S/C12H15FO2S/c1-5-10-6-8(2)7-11(13)12(10)9(3)16(4,14)15/h5-7,9H,1H2,2-4H3. The summed E-state index contributed by atoms with van der Waals surface area (Å²) in [7, 11) is -3.31. The summed E-state index contributed by atoms with van der Waals surface area (Å²) in [4.78, 5) is 0. The molecular weight excluding hydrogens is 227 g/mol. The molecule has 0 bridgehead atoms. The molecule has 1 rings (SSSR count). The lowest BCUT2D eigenvalue weighted by Gasteiger charge is -2.15. The SMILES string of the molecule is C=Cc1cc(C)cc(F)c1C(C)S(C)(=O)=O. The van der Waals surface area contributed by atoms with Gasteiger partial charge in [0.2, 0.25) is 0 Å². The first-order chi connectivity index (χ1) is 7.27. The third-order valence-electron chi connectivity index (χ3n) is 2.57. The van der Waals surface area contributed by atoms with Crippen LogP contribution in [0.25, 0.3) is 6.08 Å². The predicted molar refractivity (Wildman–Crippen MR) is 64.5 cm³/mol. The van der Waals surface area contributed by atoms with E-state index in [1.54, 1.807) is 13.0 Å². The van der Waals surface area contributed by atoms with Gasteiger partial charge in [-0.2, -0.15) is 0 Å². The summed E-state index contributed by atoms with van der Waals surface area (Å²) in [5.41, 5.74) is 1.48. The third-order valence-corrected chi connectivity index (χ3v) is 4.09. The molecule has 2 nitrogen and oxygen atoms in total. The van der Waals surface area contributed by atoms with Crippen LogP contribution in [0.15, 0.2) is 18.7 Å². The van der Waals surface area contributed by atoms with Crippen molar-refractivity contribution in [2.75, 3.05) is 6.26 Å². The normalized spacial score (nSPS) is 13.5. The molecule has 0 fully saturated rings. The topological polar surface area (TPSA) is 34.1 Å². The molecule has 0 aliphatic heterocycles. The largest absolute Gasteiger partial charge is 0.229 e. The van der Waals surface area contributed by atoms with E-state index in [4.69, 9.17) is 0 Å². The maximum Gasteiger partial charge on any atom is 0.154 e. The van der Waals surface area contributed by atoms with Crippen molar-refractivity contribution in [1.82, 2.24) is 0 Å². The number of rotatable bonds is 3. The lowest BCUT2D eigenvalue weighted by atomic mass is 10.0. The molecule has 0 amide bonds. The maximum atomic E-state index is 13.8. The molecule has 1 aromatic carbocycles. The molecule has 0 saturated heterocycles. The van der Waals surface area contributed by atoms with E-state index < -0.39 is 20.9 Å². The summed E-state index contributed by atoms with van der Waals surface area (Å²) >= 11 is 0. The number of sulfone groups is 1. The lowest BCUT2D eigenvalue weighted by Crippen LogP contribution is -2.11. The number of hydrogen-bond acceptors (Lipinski definition) is 2. The quantitative estimate of drug-likeness (QED) is 0.816. The Bertz CT molecular complexity index is 518. The van der Waals surface area contributed by atoms with E-state index in [-0.39, 0.29) is 5.56 Å². The van der Waals surface area contributed by atoms with Crippen molar-refractivity contribution in [3.05, 3.63) is 41.2 Å². The first-order valence-electron chi connectivity index (χ1n) is 4.88. The summed E-state index contributed by atoms with van der Waals surface area (Å²) in [5.74, 6) is -0.493. The molecule has 0 aromatic heterocycles. The smallest absolute Gasteiger partial charge is 0.154 e. The number of hydrogen-bond donors (Lipinski definition) is 0. The van der Waals surface area contributed by atoms with Crippen LogP contribution in [0.4, 0.5) is 4.39 Å². The Morgan fingerprint density at radius 2 is 2.00 bits per heavy atom. The van der Waals surface area contributed by atoms with Crippen molar-refractivity contribution in [2.24, 2.45) is 0 Å². The lowest BCUT2D eigenvalue weighted by molar-refractivity contribution is 0.577. The summed E-state index contributed by atoms with van der Waals surface area (Å²) < 4.78 is 36.6. The highest BCUT2D eigenvalue weighted by atomic mass is 32.2. The maximum absolute atomic E-state index is 13.8. The number of halogens is 1. The van der Waals surface area contributed by atoms with E-state index in [0.717, 1.165) is 11.8 Å². The highest BCUT2D eigenvalue weighted by Gasteiger charge is 2.23. The second-order valence-corrected chi connectivity index (χ2v) is 6.29.